The summed E-state index contributed by atoms with van der Waals surface area (Å²) in [6, 6.07) is 0.246. The standard InChI is InChI=1S/C19H29N5O/c1-18(2)9-13(10-19(3,4)22-18)24-12-15-14(16(24)25)11-20-17(21-15)23-7-5-6-8-23/h11-13,22,25H,5-10H2,1-4H3. The Morgan fingerprint density at radius 1 is 1.12 bits per heavy atom. The van der Waals surface area contributed by atoms with E-state index in [9.17, 15) is 5.11 Å². The van der Waals surface area contributed by atoms with Crippen molar-refractivity contribution in [1.82, 2.24) is 19.9 Å². The van der Waals surface area contributed by atoms with Crippen LogP contribution in [0, 0.1) is 0 Å². The van der Waals surface area contributed by atoms with Crippen molar-refractivity contribution in [2.75, 3.05) is 18.0 Å². The van der Waals surface area contributed by atoms with Gasteiger partial charge in [-0.2, -0.15) is 0 Å². The number of piperidine rings is 1. The van der Waals surface area contributed by atoms with Crippen LogP contribution in [0.4, 0.5) is 5.95 Å². The number of fused-ring (bicyclic) bond motifs is 1. The van der Waals surface area contributed by atoms with Crippen LogP contribution in [-0.4, -0.2) is 43.8 Å². The molecule has 6 nitrogen and oxygen atoms in total. The van der Waals surface area contributed by atoms with Crippen molar-refractivity contribution in [3.8, 4) is 5.88 Å². The molecule has 2 saturated heterocycles. The minimum absolute atomic E-state index is 0.0295. The van der Waals surface area contributed by atoms with Crippen LogP contribution in [0.3, 0.4) is 0 Å². The van der Waals surface area contributed by atoms with Gasteiger partial charge in [0.15, 0.2) is 0 Å². The van der Waals surface area contributed by atoms with Crippen molar-refractivity contribution in [2.24, 2.45) is 0 Å². The predicted molar refractivity (Wildman–Crippen MR) is 100 cm³/mol. The molecule has 0 bridgehead atoms. The second-order valence-corrected chi connectivity index (χ2v) is 8.98. The fourth-order valence-corrected chi connectivity index (χ4v) is 4.80. The second-order valence-electron chi connectivity index (χ2n) is 8.98. The molecule has 0 amide bonds. The quantitative estimate of drug-likeness (QED) is 0.876. The molecule has 2 aromatic rings. The Morgan fingerprint density at radius 2 is 1.76 bits per heavy atom. The van der Waals surface area contributed by atoms with E-state index in [1.807, 2.05) is 10.8 Å². The molecule has 136 valence electrons. The van der Waals surface area contributed by atoms with Crippen LogP contribution in [-0.2, 0) is 0 Å². The van der Waals surface area contributed by atoms with E-state index in [2.05, 4.69) is 42.9 Å². The van der Waals surface area contributed by atoms with Gasteiger partial charge in [0.1, 0.15) is 0 Å². The van der Waals surface area contributed by atoms with Crippen LogP contribution in [0.25, 0.3) is 10.9 Å². The molecule has 4 heterocycles. The summed E-state index contributed by atoms with van der Waals surface area (Å²) in [6.07, 6.45) is 8.13. The van der Waals surface area contributed by atoms with Crippen LogP contribution in [0.5, 0.6) is 5.88 Å². The molecule has 0 aliphatic carbocycles. The third kappa shape index (κ3) is 3.08. The normalized spacial score (nSPS) is 23.4. The molecule has 0 spiro atoms. The van der Waals surface area contributed by atoms with E-state index >= 15 is 0 Å². The maximum atomic E-state index is 10.8. The van der Waals surface area contributed by atoms with Crippen molar-refractivity contribution >= 4 is 16.9 Å². The lowest BCUT2D eigenvalue weighted by Crippen LogP contribution is -2.57. The number of aromatic nitrogens is 3. The van der Waals surface area contributed by atoms with Gasteiger partial charge < -0.3 is 19.9 Å². The average Bonchev–Trinajstić information content (AvgIpc) is 3.12. The molecule has 6 heteroatoms. The molecule has 2 aliphatic heterocycles. The minimum Gasteiger partial charge on any atom is -0.494 e. The Labute approximate surface area is 149 Å². The summed E-state index contributed by atoms with van der Waals surface area (Å²) in [4.78, 5) is 11.4. The molecular weight excluding hydrogens is 314 g/mol. The maximum absolute atomic E-state index is 10.8. The van der Waals surface area contributed by atoms with Crippen molar-refractivity contribution in [3.63, 3.8) is 0 Å². The summed E-state index contributed by atoms with van der Waals surface area (Å²) >= 11 is 0. The molecule has 25 heavy (non-hydrogen) atoms. The zero-order valence-electron chi connectivity index (χ0n) is 15.7. The average molecular weight is 343 g/mol. The lowest BCUT2D eigenvalue weighted by atomic mass is 9.79. The van der Waals surface area contributed by atoms with E-state index in [-0.39, 0.29) is 17.1 Å². The zero-order valence-corrected chi connectivity index (χ0v) is 15.7. The third-order valence-electron chi connectivity index (χ3n) is 5.50. The first-order valence-corrected chi connectivity index (χ1v) is 9.35. The number of hydrogen-bond acceptors (Lipinski definition) is 5. The molecule has 0 saturated carbocycles. The van der Waals surface area contributed by atoms with Crippen LogP contribution < -0.4 is 10.2 Å². The maximum Gasteiger partial charge on any atom is 0.225 e. The largest absolute Gasteiger partial charge is 0.494 e. The zero-order chi connectivity index (χ0) is 17.8. The fourth-order valence-electron chi connectivity index (χ4n) is 4.80. The summed E-state index contributed by atoms with van der Waals surface area (Å²) in [5.41, 5.74) is 0.896. The monoisotopic (exact) mass is 343 g/mol. The predicted octanol–water partition coefficient (Wildman–Crippen LogP) is 3.22. The molecular formula is C19H29N5O. The number of nitrogens with one attached hydrogen (secondary N) is 1. The van der Waals surface area contributed by atoms with Gasteiger partial charge in [-0.3, -0.25) is 0 Å². The highest BCUT2D eigenvalue weighted by atomic mass is 16.3. The molecule has 4 rings (SSSR count). The Kier molecular flexibility index (Phi) is 3.72. The number of nitrogens with zero attached hydrogens (tertiary/aromatic N) is 4. The van der Waals surface area contributed by atoms with Crippen molar-refractivity contribution in [3.05, 3.63) is 12.4 Å². The Bertz CT molecular complexity index is 772. The molecule has 2 N–H and O–H groups in total. The molecule has 0 aromatic carbocycles. The van der Waals surface area contributed by atoms with Crippen molar-refractivity contribution in [1.29, 1.82) is 0 Å². The van der Waals surface area contributed by atoms with Crippen LogP contribution in [0.15, 0.2) is 12.4 Å². The van der Waals surface area contributed by atoms with Crippen LogP contribution in [0.2, 0.25) is 0 Å². The molecule has 2 aromatic heterocycles. The summed E-state index contributed by atoms with van der Waals surface area (Å²) < 4.78 is 2.01. The van der Waals surface area contributed by atoms with E-state index in [0.29, 0.717) is 5.88 Å². The highest BCUT2D eigenvalue weighted by Gasteiger charge is 2.39. The number of anilines is 1. The van der Waals surface area contributed by atoms with E-state index in [1.54, 1.807) is 6.20 Å². The van der Waals surface area contributed by atoms with Gasteiger partial charge in [-0.05, 0) is 53.4 Å². The van der Waals surface area contributed by atoms with Crippen LogP contribution >= 0.6 is 0 Å². The number of hydrogen-bond donors (Lipinski definition) is 2. The Morgan fingerprint density at radius 3 is 2.40 bits per heavy atom. The highest BCUT2D eigenvalue weighted by Crippen LogP contribution is 2.40. The molecule has 2 fully saturated rings. The molecule has 0 atom stereocenters. The topological polar surface area (TPSA) is 66.2 Å². The van der Waals surface area contributed by atoms with Gasteiger partial charge >= 0.3 is 0 Å². The summed E-state index contributed by atoms with van der Waals surface area (Å²) in [5, 5.41) is 15.2. The first kappa shape index (κ1) is 16.6. The Hall–Kier alpha value is -1.82. The van der Waals surface area contributed by atoms with Crippen molar-refractivity contribution in [2.45, 2.75) is 70.5 Å². The number of aromatic hydroxyl groups is 1. The second kappa shape index (κ2) is 5.59. The van der Waals surface area contributed by atoms with E-state index in [4.69, 9.17) is 4.98 Å². The lowest BCUT2D eigenvalue weighted by molar-refractivity contribution is 0.128. The third-order valence-corrected chi connectivity index (χ3v) is 5.50. The fraction of sp³-hybridized carbons (Fsp3) is 0.684. The lowest BCUT2D eigenvalue weighted by Gasteiger charge is -2.47. The van der Waals surface area contributed by atoms with Gasteiger partial charge in [0, 0.05) is 42.6 Å². The Balaban J connectivity index is 1.71. The highest BCUT2D eigenvalue weighted by molar-refractivity contribution is 5.84. The summed E-state index contributed by atoms with van der Waals surface area (Å²) in [6.45, 7) is 11.0. The van der Waals surface area contributed by atoms with E-state index in [0.717, 1.165) is 42.8 Å². The van der Waals surface area contributed by atoms with Crippen LogP contribution in [0.1, 0.15) is 59.4 Å². The van der Waals surface area contributed by atoms with Crippen molar-refractivity contribution < 1.29 is 5.11 Å². The molecule has 0 radical (unpaired) electrons. The van der Waals surface area contributed by atoms with Gasteiger partial charge in [-0.1, -0.05) is 0 Å². The number of rotatable bonds is 2. The first-order valence-electron chi connectivity index (χ1n) is 9.35. The summed E-state index contributed by atoms with van der Waals surface area (Å²) in [5.74, 6) is 1.08. The van der Waals surface area contributed by atoms with Gasteiger partial charge in [0.05, 0.1) is 10.9 Å². The van der Waals surface area contributed by atoms with E-state index < -0.39 is 0 Å². The van der Waals surface area contributed by atoms with Gasteiger partial charge in [-0.15, -0.1) is 0 Å². The van der Waals surface area contributed by atoms with E-state index in [1.165, 1.54) is 12.8 Å². The first-order chi connectivity index (χ1) is 11.7. The molecule has 2 aliphatic rings. The molecule has 0 unspecified atom stereocenters. The summed E-state index contributed by atoms with van der Waals surface area (Å²) in [7, 11) is 0. The van der Waals surface area contributed by atoms with Gasteiger partial charge in [0.25, 0.3) is 0 Å². The minimum atomic E-state index is 0.0295. The van der Waals surface area contributed by atoms with Gasteiger partial charge in [-0.25, -0.2) is 9.97 Å². The SMILES string of the molecule is CC1(C)CC(n2cc3nc(N4CCCC4)ncc3c2O)CC(C)(C)N1. The smallest absolute Gasteiger partial charge is 0.225 e. The van der Waals surface area contributed by atoms with Gasteiger partial charge in [0.2, 0.25) is 11.8 Å².